The predicted octanol–water partition coefficient (Wildman–Crippen LogP) is 4.09. The molecule has 1 fully saturated rings. The van der Waals surface area contributed by atoms with Crippen molar-refractivity contribution in [3.05, 3.63) is 35.9 Å². The van der Waals surface area contributed by atoms with Crippen LogP contribution in [-0.4, -0.2) is 12.4 Å². The summed E-state index contributed by atoms with van der Waals surface area (Å²) in [5, 5.41) is 3.76. The third kappa shape index (κ3) is 3.17. The minimum Gasteiger partial charge on any atom is -0.367 e. The third-order valence-corrected chi connectivity index (χ3v) is 4.48. The number of hydrogen-bond donors (Lipinski definition) is 1. The molecule has 102 valence electrons. The molecular formula is C17H24N2. The summed E-state index contributed by atoms with van der Waals surface area (Å²) in [5.41, 5.74) is 1.43. The van der Waals surface area contributed by atoms with Crippen LogP contribution in [0.25, 0.3) is 0 Å². The van der Waals surface area contributed by atoms with Crippen LogP contribution in [0.1, 0.15) is 56.6 Å². The maximum absolute atomic E-state index is 4.73. The Bertz CT molecular complexity index is 420. The van der Waals surface area contributed by atoms with Gasteiger partial charge in [-0.3, -0.25) is 4.99 Å². The van der Waals surface area contributed by atoms with Gasteiger partial charge in [0.25, 0.3) is 0 Å². The smallest absolute Gasteiger partial charge is 0.0967 e. The van der Waals surface area contributed by atoms with E-state index in [4.69, 9.17) is 4.99 Å². The monoisotopic (exact) mass is 256 g/mol. The SMILES string of the molecule is c1ccc(C(NC2=NCCCCC2)C2CCC2)cc1. The molecule has 3 rings (SSSR count). The van der Waals surface area contributed by atoms with Gasteiger partial charge in [-0.25, -0.2) is 0 Å². The van der Waals surface area contributed by atoms with E-state index < -0.39 is 0 Å². The van der Waals surface area contributed by atoms with Crippen LogP contribution < -0.4 is 5.32 Å². The van der Waals surface area contributed by atoms with Gasteiger partial charge in [0.1, 0.15) is 0 Å². The molecule has 1 aliphatic carbocycles. The Morgan fingerprint density at radius 3 is 2.58 bits per heavy atom. The number of amidine groups is 1. The van der Waals surface area contributed by atoms with Gasteiger partial charge in [-0.2, -0.15) is 0 Å². The number of nitrogens with one attached hydrogen (secondary N) is 1. The van der Waals surface area contributed by atoms with Crippen molar-refractivity contribution in [3.8, 4) is 0 Å². The molecule has 0 amide bonds. The van der Waals surface area contributed by atoms with Gasteiger partial charge in [0, 0.05) is 13.0 Å². The summed E-state index contributed by atoms with van der Waals surface area (Å²) in [6.45, 7) is 1.01. The fourth-order valence-corrected chi connectivity index (χ4v) is 3.08. The maximum atomic E-state index is 4.73. The minimum absolute atomic E-state index is 0.479. The van der Waals surface area contributed by atoms with Crippen molar-refractivity contribution < 1.29 is 0 Å². The van der Waals surface area contributed by atoms with E-state index >= 15 is 0 Å². The van der Waals surface area contributed by atoms with E-state index in [0.717, 1.165) is 18.9 Å². The zero-order valence-electron chi connectivity index (χ0n) is 11.6. The molecule has 2 aliphatic rings. The number of aliphatic imine (C=N–C) groups is 1. The van der Waals surface area contributed by atoms with Crippen molar-refractivity contribution in [2.45, 2.75) is 51.0 Å². The highest BCUT2D eigenvalue weighted by Crippen LogP contribution is 2.37. The van der Waals surface area contributed by atoms with Crippen molar-refractivity contribution >= 4 is 5.84 Å². The Kier molecular flexibility index (Phi) is 4.16. The molecule has 1 N–H and O–H groups in total. The topological polar surface area (TPSA) is 24.4 Å². The van der Waals surface area contributed by atoms with Crippen molar-refractivity contribution in [2.75, 3.05) is 6.54 Å². The van der Waals surface area contributed by atoms with E-state index in [1.165, 1.54) is 49.9 Å². The lowest BCUT2D eigenvalue weighted by molar-refractivity contribution is 0.248. The van der Waals surface area contributed by atoms with Gasteiger partial charge in [-0.15, -0.1) is 0 Å². The highest BCUT2D eigenvalue weighted by atomic mass is 15.0. The van der Waals surface area contributed by atoms with Crippen LogP contribution in [0.3, 0.4) is 0 Å². The maximum Gasteiger partial charge on any atom is 0.0967 e. The lowest BCUT2D eigenvalue weighted by Crippen LogP contribution is -2.36. The number of benzene rings is 1. The largest absolute Gasteiger partial charge is 0.367 e. The second-order valence-electron chi connectivity index (χ2n) is 5.86. The number of nitrogens with zero attached hydrogens (tertiary/aromatic N) is 1. The number of rotatable bonds is 3. The second-order valence-corrected chi connectivity index (χ2v) is 5.86. The molecule has 1 aromatic carbocycles. The fraction of sp³-hybridized carbons (Fsp3) is 0.588. The molecule has 0 radical (unpaired) electrons. The Morgan fingerprint density at radius 1 is 1.00 bits per heavy atom. The molecule has 1 atom stereocenters. The molecular weight excluding hydrogens is 232 g/mol. The van der Waals surface area contributed by atoms with E-state index in [1.54, 1.807) is 0 Å². The summed E-state index contributed by atoms with van der Waals surface area (Å²) in [5.74, 6) is 2.05. The first-order chi connectivity index (χ1) is 9.43. The summed E-state index contributed by atoms with van der Waals surface area (Å²) in [6, 6.07) is 11.4. The Balaban J connectivity index is 1.74. The summed E-state index contributed by atoms with van der Waals surface area (Å²) in [6.07, 6.45) is 9.12. The van der Waals surface area contributed by atoms with Crippen molar-refractivity contribution in [1.82, 2.24) is 5.32 Å². The quantitative estimate of drug-likeness (QED) is 0.865. The van der Waals surface area contributed by atoms with E-state index in [-0.39, 0.29) is 0 Å². The number of hydrogen-bond acceptors (Lipinski definition) is 2. The van der Waals surface area contributed by atoms with Crippen LogP contribution >= 0.6 is 0 Å². The Hall–Kier alpha value is -1.31. The Labute approximate surface area is 116 Å². The normalized spacial score (nSPS) is 22.0. The summed E-state index contributed by atoms with van der Waals surface area (Å²) >= 11 is 0. The molecule has 1 unspecified atom stereocenters. The fourth-order valence-electron chi connectivity index (χ4n) is 3.08. The van der Waals surface area contributed by atoms with Gasteiger partial charge in [-0.1, -0.05) is 43.2 Å². The molecule has 2 heteroatoms. The van der Waals surface area contributed by atoms with Gasteiger partial charge in [0.05, 0.1) is 11.9 Å². The lowest BCUT2D eigenvalue weighted by Gasteiger charge is -2.35. The first-order valence-corrected chi connectivity index (χ1v) is 7.78. The summed E-state index contributed by atoms with van der Waals surface area (Å²) in [4.78, 5) is 4.73. The first-order valence-electron chi connectivity index (χ1n) is 7.78. The third-order valence-electron chi connectivity index (χ3n) is 4.48. The van der Waals surface area contributed by atoms with Gasteiger partial charge >= 0.3 is 0 Å². The molecule has 1 aliphatic heterocycles. The molecule has 19 heavy (non-hydrogen) atoms. The molecule has 1 saturated carbocycles. The van der Waals surface area contributed by atoms with Gasteiger partial charge in [0.2, 0.25) is 0 Å². The van der Waals surface area contributed by atoms with E-state index in [1.807, 2.05) is 0 Å². The molecule has 1 heterocycles. The van der Waals surface area contributed by atoms with Crippen LogP contribution in [-0.2, 0) is 0 Å². The van der Waals surface area contributed by atoms with Crippen LogP contribution in [0.15, 0.2) is 35.3 Å². The van der Waals surface area contributed by atoms with Crippen LogP contribution in [0.4, 0.5) is 0 Å². The molecule has 0 spiro atoms. The zero-order valence-corrected chi connectivity index (χ0v) is 11.6. The second kappa shape index (κ2) is 6.23. The molecule has 1 aromatic rings. The highest BCUT2D eigenvalue weighted by Gasteiger charge is 2.29. The van der Waals surface area contributed by atoms with Crippen molar-refractivity contribution in [3.63, 3.8) is 0 Å². The summed E-state index contributed by atoms with van der Waals surface area (Å²) < 4.78 is 0. The minimum atomic E-state index is 0.479. The van der Waals surface area contributed by atoms with Crippen molar-refractivity contribution in [1.29, 1.82) is 0 Å². The zero-order chi connectivity index (χ0) is 12.9. The highest BCUT2D eigenvalue weighted by molar-refractivity contribution is 5.82. The van der Waals surface area contributed by atoms with E-state index in [2.05, 4.69) is 35.6 Å². The standard InChI is InChI=1S/C17H24N2/c1-3-8-14(9-4-1)17(15-10-7-11-15)19-16-12-5-2-6-13-18-16/h1,3-4,8-9,15,17H,2,5-7,10-13H2,(H,18,19). The van der Waals surface area contributed by atoms with Gasteiger partial charge < -0.3 is 5.32 Å². The summed E-state index contributed by atoms with van der Waals surface area (Å²) in [7, 11) is 0. The molecule has 2 nitrogen and oxygen atoms in total. The van der Waals surface area contributed by atoms with Crippen LogP contribution in [0.5, 0.6) is 0 Å². The van der Waals surface area contributed by atoms with E-state index in [9.17, 15) is 0 Å². The average Bonchev–Trinajstić information content (AvgIpc) is 2.66. The molecule has 0 saturated heterocycles. The predicted molar refractivity (Wildman–Crippen MR) is 80.4 cm³/mol. The molecule has 0 bridgehead atoms. The van der Waals surface area contributed by atoms with Crippen molar-refractivity contribution in [2.24, 2.45) is 10.9 Å². The molecule has 0 aromatic heterocycles. The van der Waals surface area contributed by atoms with Gasteiger partial charge in [-0.05, 0) is 37.2 Å². The Morgan fingerprint density at radius 2 is 1.84 bits per heavy atom. The average molecular weight is 256 g/mol. The van der Waals surface area contributed by atoms with Crippen LogP contribution in [0.2, 0.25) is 0 Å². The van der Waals surface area contributed by atoms with Crippen LogP contribution in [0, 0.1) is 5.92 Å². The lowest BCUT2D eigenvalue weighted by atomic mass is 9.77. The first kappa shape index (κ1) is 12.7. The van der Waals surface area contributed by atoms with Gasteiger partial charge in [0.15, 0.2) is 0 Å². The van der Waals surface area contributed by atoms with E-state index in [0.29, 0.717) is 6.04 Å².